The normalized spacial score (nSPS) is 14.4. The maximum atomic E-state index is 13.0. The van der Waals surface area contributed by atoms with E-state index in [4.69, 9.17) is 37.0 Å². The quantitative estimate of drug-likeness (QED) is 0.0222. The highest BCUT2D eigenvalue weighted by atomic mass is 31.2. The highest BCUT2D eigenvalue weighted by Gasteiger charge is 2.30. The molecule has 0 aromatic carbocycles. The molecule has 0 aliphatic carbocycles. The van der Waals surface area contributed by atoms with Crippen LogP contribution in [0.3, 0.4) is 0 Å². The predicted molar refractivity (Wildman–Crippen MR) is 368 cm³/mol. The van der Waals surface area contributed by atoms with Crippen molar-refractivity contribution in [1.82, 2.24) is 0 Å². The molecule has 0 aromatic rings. The van der Waals surface area contributed by atoms with Gasteiger partial charge in [0.25, 0.3) is 0 Å². The molecular formula is C72H140O17P2. The molecule has 3 unspecified atom stereocenters. The molecule has 0 radical (unpaired) electrons. The molecule has 0 aliphatic rings. The van der Waals surface area contributed by atoms with Crippen molar-refractivity contribution < 1.29 is 80.2 Å². The van der Waals surface area contributed by atoms with Gasteiger partial charge in [-0.05, 0) is 37.5 Å². The fourth-order valence-electron chi connectivity index (χ4n) is 10.9. The Morgan fingerprint density at radius 1 is 0.319 bits per heavy atom. The average molecular weight is 1340 g/mol. The number of unbranched alkanes of at least 4 members (excludes halogenated alkanes) is 40. The number of phosphoric ester groups is 2. The molecule has 540 valence electrons. The summed E-state index contributed by atoms with van der Waals surface area (Å²) < 4.78 is 68.2. The third-order valence-electron chi connectivity index (χ3n) is 17.1. The van der Waals surface area contributed by atoms with Crippen LogP contribution in [-0.2, 0) is 65.4 Å². The van der Waals surface area contributed by atoms with Gasteiger partial charge in [-0.25, -0.2) is 9.13 Å². The Kier molecular flexibility index (Phi) is 62.7. The van der Waals surface area contributed by atoms with Gasteiger partial charge >= 0.3 is 39.5 Å². The Bertz CT molecular complexity index is 1770. The minimum Gasteiger partial charge on any atom is -0.462 e. The Labute approximate surface area is 556 Å². The summed E-state index contributed by atoms with van der Waals surface area (Å²) in [6, 6.07) is 0. The van der Waals surface area contributed by atoms with Crippen molar-refractivity contribution >= 4 is 39.5 Å². The van der Waals surface area contributed by atoms with Crippen molar-refractivity contribution in [2.45, 2.75) is 387 Å². The molecule has 0 saturated carbocycles. The minimum atomic E-state index is -4.95. The smallest absolute Gasteiger partial charge is 0.462 e. The van der Waals surface area contributed by atoms with E-state index in [0.29, 0.717) is 25.7 Å². The summed E-state index contributed by atoms with van der Waals surface area (Å²) in [6.45, 7) is 9.59. The van der Waals surface area contributed by atoms with Gasteiger partial charge in [-0.3, -0.25) is 37.3 Å². The molecule has 0 bridgehead atoms. The van der Waals surface area contributed by atoms with E-state index in [1.165, 1.54) is 180 Å². The van der Waals surface area contributed by atoms with Gasteiger partial charge in [0.2, 0.25) is 0 Å². The Morgan fingerprint density at radius 2 is 0.560 bits per heavy atom. The van der Waals surface area contributed by atoms with Crippen LogP contribution in [-0.4, -0.2) is 96.7 Å². The highest BCUT2D eigenvalue weighted by molar-refractivity contribution is 7.47. The number of rotatable bonds is 71. The van der Waals surface area contributed by atoms with E-state index in [1.54, 1.807) is 0 Å². The van der Waals surface area contributed by atoms with Crippen molar-refractivity contribution in [2.75, 3.05) is 39.6 Å². The molecule has 0 fully saturated rings. The van der Waals surface area contributed by atoms with Gasteiger partial charge in [0.15, 0.2) is 12.2 Å². The standard InChI is InChI=1S/C72H140O17P2/c1-7-10-12-14-16-29-38-44-50-56-71(76)88-67(60-82-69(74)54-48-42-36-17-15-13-11-8-2)62-86-90(78,79)84-58-66(73)59-85-91(80,81)87-63-68(61-83-70(75)55-49-43-37-32-27-24-20-21-25-30-34-40-46-52-64(4)5)89-72(77)57-51-45-39-33-28-23-19-18-22-26-31-35-41-47-53-65(6)9-3/h64-68,73H,7-63H2,1-6H3,(H,78,79)(H,80,81)/t65?,66-,67+,68+/m0/s1. The number of hydrogen-bond acceptors (Lipinski definition) is 15. The van der Waals surface area contributed by atoms with Crippen molar-refractivity contribution in [1.29, 1.82) is 0 Å². The first-order valence-electron chi connectivity index (χ1n) is 37.5. The molecule has 0 saturated heterocycles. The van der Waals surface area contributed by atoms with E-state index in [2.05, 4.69) is 41.5 Å². The van der Waals surface area contributed by atoms with E-state index in [1.807, 2.05) is 0 Å². The number of carbonyl (C=O) groups excluding carboxylic acids is 4. The second kappa shape index (κ2) is 64.1. The van der Waals surface area contributed by atoms with E-state index in [-0.39, 0.29) is 25.7 Å². The summed E-state index contributed by atoms with van der Waals surface area (Å²) in [4.78, 5) is 72.5. The van der Waals surface area contributed by atoms with Crippen LogP contribution in [0.4, 0.5) is 0 Å². The molecule has 0 rings (SSSR count). The second-order valence-corrected chi connectivity index (χ2v) is 29.6. The fourth-order valence-corrected chi connectivity index (χ4v) is 12.5. The molecule has 19 heteroatoms. The van der Waals surface area contributed by atoms with Crippen molar-refractivity contribution in [2.24, 2.45) is 11.8 Å². The van der Waals surface area contributed by atoms with Crippen molar-refractivity contribution in [3.63, 3.8) is 0 Å². The molecule has 91 heavy (non-hydrogen) atoms. The largest absolute Gasteiger partial charge is 0.472 e. The first-order chi connectivity index (χ1) is 43.9. The lowest BCUT2D eigenvalue weighted by molar-refractivity contribution is -0.161. The zero-order valence-electron chi connectivity index (χ0n) is 59.1. The Morgan fingerprint density at radius 3 is 0.835 bits per heavy atom. The van der Waals surface area contributed by atoms with Crippen LogP contribution in [0.1, 0.15) is 369 Å². The number of ether oxygens (including phenoxy) is 4. The predicted octanol–water partition coefficient (Wildman–Crippen LogP) is 20.8. The third-order valence-corrected chi connectivity index (χ3v) is 19.0. The topological polar surface area (TPSA) is 237 Å². The maximum absolute atomic E-state index is 13.0. The van der Waals surface area contributed by atoms with Gasteiger partial charge in [0.1, 0.15) is 19.3 Å². The summed E-state index contributed by atoms with van der Waals surface area (Å²) in [5.74, 6) is -0.488. The van der Waals surface area contributed by atoms with Crippen LogP contribution in [0.15, 0.2) is 0 Å². The molecule has 0 spiro atoms. The van der Waals surface area contributed by atoms with Crippen LogP contribution >= 0.6 is 15.6 Å². The molecule has 6 atom stereocenters. The molecule has 0 aromatic heterocycles. The zero-order chi connectivity index (χ0) is 67.2. The third kappa shape index (κ3) is 65.1. The number of aliphatic hydroxyl groups excluding tert-OH is 1. The molecule has 17 nitrogen and oxygen atoms in total. The first-order valence-corrected chi connectivity index (χ1v) is 40.5. The van der Waals surface area contributed by atoms with Gasteiger partial charge in [-0.2, -0.15) is 0 Å². The fraction of sp³-hybridized carbons (Fsp3) is 0.944. The lowest BCUT2D eigenvalue weighted by Gasteiger charge is -2.21. The Balaban J connectivity index is 5.19. The van der Waals surface area contributed by atoms with Crippen LogP contribution in [0.2, 0.25) is 0 Å². The summed E-state index contributed by atoms with van der Waals surface area (Å²) in [6.07, 6.45) is 49.9. The van der Waals surface area contributed by atoms with Gasteiger partial charge in [0.05, 0.1) is 26.4 Å². The average Bonchev–Trinajstić information content (AvgIpc) is 3.25. The summed E-state index contributed by atoms with van der Waals surface area (Å²) >= 11 is 0. The monoisotopic (exact) mass is 1340 g/mol. The van der Waals surface area contributed by atoms with E-state index in [9.17, 15) is 43.2 Å². The van der Waals surface area contributed by atoms with Gasteiger partial charge in [-0.15, -0.1) is 0 Å². The highest BCUT2D eigenvalue weighted by Crippen LogP contribution is 2.45. The van der Waals surface area contributed by atoms with E-state index in [0.717, 1.165) is 108 Å². The second-order valence-electron chi connectivity index (χ2n) is 26.7. The first kappa shape index (κ1) is 89.1. The van der Waals surface area contributed by atoms with Gasteiger partial charge in [0, 0.05) is 25.7 Å². The molecule has 0 heterocycles. The number of hydrogen-bond donors (Lipinski definition) is 3. The summed E-state index contributed by atoms with van der Waals surface area (Å²) in [5.41, 5.74) is 0. The van der Waals surface area contributed by atoms with Crippen LogP contribution in [0.5, 0.6) is 0 Å². The number of aliphatic hydroxyl groups is 1. The van der Waals surface area contributed by atoms with Crippen molar-refractivity contribution in [3.8, 4) is 0 Å². The van der Waals surface area contributed by atoms with Gasteiger partial charge in [-0.1, -0.05) is 318 Å². The van der Waals surface area contributed by atoms with Crippen molar-refractivity contribution in [3.05, 3.63) is 0 Å². The zero-order valence-corrected chi connectivity index (χ0v) is 60.9. The van der Waals surface area contributed by atoms with Gasteiger partial charge < -0.3 is 33.8 Å². The van der Waals surface area contributed by atoms with Crippen LogP contribution in [0, 0.1) is 11.8 Å². The number of carbonyl (C=O) groups is 4. The summed E-state index contributed by atoms with van der Waals surface area (Å²) in [5, 5.41) is 10.6. The maximum Gasteiger partial charge on any atom is 0.472 e. The lowest BCUT2D eigenvalue weighted by atomic mass is 9.99. The minimum absolute atomic E-state index is 0.106. The lowest BCUT2D eigenvalue weighted by Crippen LogP contribution is -2.30. The van der Waals surface area contributed by atoms with E-state index >= 15 is 0 Å². The molecule has 0 aliphatic heterocycles. The SMILES string of the molecule is CCCCCCCCCCCC(=O)O[C@H](COC(=O)CCCCCCCCCC)COP(=O)(O)OC[C@H](O)COP(=O)(O)OC[C@@H](COC(=O)CCCCCCCCCCCCCCCC(C)C)OC(=O)CCCCCCCCCCCCCCCCC(C)CC. The summed E-state index contributed by atoms with van der Waals surface area (Å²) in [7, 11) is -9.90. The Hall–Kier alpha value is -1.94. The number of phosphoric acid groups is 2. The molecule has 0 amide bonds. The van der Waals surface area contributed by atoms with E-state index < -0.39 is 97.5 Å². The molecular weight excluding hydrogens is 1200 g/mol. The van der Waals surface area contributed by atoms with Crippen LogP contribution < -0.4 is 0 Å². The molecule has 3 N–H and O–H groups in total. The number of esters is 4. The van der Waals surface area contributed by atoms with Crippen LogP contribution in [0.25, 0.3) is 0 Å².